The van der Waals surface area contributed by atoms with E-state index >= 15 is 0 Å². The minimum atomic E-state index is 1.00. The van der Waals surface area contributed by atoms with E-state index in [9.17, 15) is 0 Å². The van der Waals surface area contributed by atoms with Crippen LogP contribution in [0.3, 0.4) is 0 Å². The average molecular weight is 240 g/mol. The molecule has 0 aliphatic carbocycles. The summed E-state index contributed by atoms with van der Waals surface area (Å²) in [5.74, 6) is 0. The molecule has 0 aliphatic rings. The van der Waals surface area contributed by atoms with E-state index in [4.69, 9.17) is 0 Å². The highest BCUT2D eigenvalue weighted by atomic mass is 32.1. The van der Waals surface area contributed by atoms with Crippen LogP contribution in [0.2, 0.25) is 0 Å². The van der Waals surface area contributed by atoms with E-state index in [1.54, 1.807) is 11.3 Å². The van der Waals surface area contributed by atoms with Gasteiger partial charge in [0.2, 0.25) is 0 Å². The molecule has 84 valence electrons. The molecule has 17 heavy (non-hydrogen) atoms. The summed E-state index contributed by atoms with van der Waals surface area (Å²) in [6.07, 6.45) is 1.89. The summed E-state index contributed by atoms with van der Waals surface area (Å²) in [7, 11) is 0. The van der Waals surface area contributed by atoms with Gasteiger partial charge in [0.05, 0.1) is 20.9 Å². The van der Waals surface area contributed by atoms with E-state index in [2.05, 4.69) is 40.3 Å². The number of nitrogens with zero attached hydrogens (tertiary/aromatic N) is 2. The van der Waals surface area contributed by atoms with Crippen molar-refractivity contribution >= 4 is 21.6 Å². The van der Waals surface area contributed by atoms with Crippen molar-refractivity contribution in [3.63, 3.8) is 0 Å². The van der Waals surface area contributed by atoms with Gasteiger partial charge in [-0.15, -0.1) is 11.3 Å². The third kappa shape index (κ3) is 1.94. The molecule has 3 aromatic rings. The maximum absolute atomic E-state index is 4.51. The summed E-state index contributed by atoms with van der Waals surface area (Å²) in [6, 6.07) is 10.5. The van der Waals surface area contributed by atoms with Crippen LogP contribution in [-0.2, 0) is 0 Å². The number of pyridine rings is 1. The Labute approximate surface area is 104 Å². The molecule has 3 heteroatoms. The Morgan fingerprint density at radius 2 is 1.94 bits per heavy atom. The van der Waals surface area contributed by atoms with Crippen LogP contribution in [0, 0.1) is 13.8 Å². The van der Waals surface area contributed by atoms with E-state index < -0.39 is 0 Å². The highest BCUT2D eigenvalue weighted by molar-refractivity contribution is 7.18. The lowest BCUT2D eigenvalue weighted by atomic mass is 10.1. The molecule has 3 rings (SSSR count). The van der Waals surface area contributed by atoms with Gasteiger partial charge in [0, 0.05) is 11.8 Å². The number of aromatic nitrogens is 2. The lowest BCUT2D eigenvalue weighted by Gasteiger charge is -2.00. The van der Waals surface area contributed by atoms with Crippen molar-refractivity contribution in [1.82, 2.24) is 9.97 Å². The quantitative estimate of drug-likeness (QED) is 0.643. The lowest BCUT2D eigenvalue weighted by molar-refractivity contribution is 1.27. The predicted octanol–water partition coefficient (Wildman–Crippen LogP) is 3.98. The monoisotopic (exact) mass is 240 g/mol. The van der Waals surface area contributed by atoms with Crippen molar-refractivity contribution in [3.8, 4) is 11.3 Å². The molecule has 2 heterocycles. The van der Waals surface area contributed by atoms with Crippen LogP contribution in [0.1, 0.15) is 10.6 Å². The molecular formula is C14H12N2S. The molecule has 0 unspecified atom stereocenters. The van der Waals surface area contributed by atoms with Crippen LogP contribution in [0.4, 0.5) is 0 Å². The molecule has 2 nitrogen and oxygen atoms in total. The minimum Gasteiger partial charge on any atom is -0.256 e. The molecule has 0 saturated carbocycles. The summed E-state index contributed by atoms with van der Waals surface area (Å²) in [6.45, 7) is 4.08. The first-order chi connectivity index (χ1) is 8.22. The molecule has 0 N–H and O–H groups in total. The summed E-state index contributed by atoms with van der Waals surface area (Å²) in [5, 5.41) is 1.11. The molecular weight excluding hydrogens is 228 g/mol. The summed E-state index contributed by atoms with van der Waals surface area (Å²) < 4.78 is 1.23. The molecule has 1 aromatic carbocycles. The SMILES string of the molecule is Cc1ccc(-c2ccc3sc(C)nc3c2)nc1. The van der Waals surface area contributed by atoms with Crippen LogP contribution in [-0.4, -0.2) is 9.97 Å². The van der Waals surface area contributed by atoms with E-state index in [-0.39, 0.29) is 0 Å². The highest BCUT2D eigenvalue weighted by Gasteiger charge is 2.04. The second-order valence-electron chi connectivity index (χ2n) is 4.14. The molecule has 0 saturated heterocycles. The standard InChI is InChI=1S/C14H12N2S/c1-9-3-5-12(15-8-9)11-4-6-14-13(7-11)16-10(2)17-14/h3-8H,1-2H3. The average Bonchev–Trinajstić information content (AvgIpc) is 2.69. The molecule has 0 radical (unpaired) electrons. The van der Waals surface area contributed by atoms with Gasteiger partial charge < -0.3 is 0 Å². The molecule has 0 amide bonds. The van der Waals surface area contributed by atoms with E-state index in [1.807, 2.05) is 20.0 Å². The number of hydrogen-bond acceptors (Lipinski definition) is 3. The molecule has 0 fully saturated rings. The highest BCUT2D eigenvalue weighted by Crippen LogP contribution is 2.26. The van der Waals surface area contributed by atoms with Gasteiger partial charge in [-0.05, 0) is 37.6 Å². The molecule has 0 aliphatic heterocycles. The largest absolute Gasteiger partial charge is 0.256 e. The minimum absolute atomic E-state index is 1.00. The van der Waals surface area contributed by atoms with Crippen LogP contribution in [0.25, 0.3) is 21.5 Å². The van der Waals surface area contributed by atoms with Gasteiger partial charge in [-0.2, -0.15) is 0 Å². The molecule has 0 spiro atoms. The number of rotatable bonds is 1. The lowest BCUT2D eigenvalue weighted by Crippen LogP contribution is -1.83. The van der Waals surface area contributed by atoms with Crippen molar-refractivity contribution < 1.29 is 0 Å². The number of thiazole rings is 1. The number of benzene rings is 1. The summed E-state index contributed by atoms with van der Waals surface area (Å²) in [4.78, 5) is 8.95. The fraction of sp³-hybridized carbons (Fsp3) is 0.143. The third-order valence-corrected chi connectivity index (χ3v) is 3.65. The second kappa shape index (κ2) is 3.93. The fourth-order valence-corrected chi connectivity index (χ4v) is 2.65. The Hall–Kier alpha value is -1.74. The molecule has 0 atom stereocenters. The zero-order valence-corrected chi connectivity index (χ0v) is 10.6. The predicted molar refractivity (Wildman–Crippen MR) is 72.3 cm³/mol. The van der Waals surface area contributed by atoms with Gasteiger partial charge in [-0.25, -0.2) is 4.98 Å². The first-order valence-corrected chi connectivity index (χ1v) is 6.34. The van der Waals surface area contributed by atoms with Gasteiger partial charge in [0.15, 0.2) is 0 Å². The van der Waals surface area contributed by atoms with E-state index in [0.717, 1.165) is 21.8 Å². The molecule has 2 aromatic heterocycles. The molecule has 0 bridgehead atoms. The van der Waals surface area contributed by atoms with Gasteiger partial charge in [-0.3, -0.25) is 4.98 Å². The normalized spacial score (nSPS) is 10.9. The van der Waals surface area contributed by atoms with Gasteiger partial charge in [0.25, 0.3) is 0 Å². The van der Waals surface area contributed by atoms with Crippen LogP contribution < -0.4 is 0 Å². The fourth-order valence-electron chi connectivity index (χ4n) is 1.84. The Bertz CT molecular complexity index is 668. The summed E-state index contributed by atoms with van der Waals surface area (Å²) >= 11 is 1.73. The zero-order valence-electron chi connectivity index (χ0n) is 9.77. The van der Waals surface area contributed by atoms with E-state index in [1.165, 1.54) is 10.3 Å². The second-order valence-corrected chi connectivity index (χ2v) is 5.37. The van der Waals surface area contributed by atoms with Crippen LogP contribution in [0.5, 0.6) is 0 Å². The zero-order chi connectivity index (χ0) is 11.8. The van der Waals surface area contributed by atoms with Crippen molar-refractivity contribution in [2.75, 3.05) is 0 Å². The van der Waals surface area contributed by atoms with E-state index in [0.29, 0.717) is 0 Å². The topological polar surface area (TPSA) is 25.8 Å². The maximum Gasteiger partial charge on any atom is 0.0907 e. The van der Waals surface area contributed by atoms with Gasteiger partial charge in [0.1, 0.15) is 0 Å². The van der Waals surface area contributed by atoms with Crippen LogP contribution in [0.15, 0.2) is 36.5 Å². The van der Waals surface area contributed by atoms with Crippen LogP contribution >= 0.6 is 11.3 Å². The number of aryl methyl sites for hydroxylation is 2. The first-order valence-electron chi connectivity index (χ1n) is 5.52. The third-order valence-electron chi connectivity index (χ3n) is 2.70. The smallest absolute Gasteiger partial charge is 0.0907 e. The number of fused-ring (bicyclic) bond motifs is 1. The van der Waals surface area contributed by atoms with Gasteiger partial charge >= 0.3 is 0 Å². The van der Waals surface area contributed by atoms with Gasteiger partial charge in [-0.1, -0.05) is 12.1 Å². The Balaban J connectivity index is 2.13. The Morgan fingerprint density at radius 1 is 1.06 bits per heavy atom. The Morgan fingerprint density at radius 3 is 2.71 bits per heavy atom. The first kappa shape index (κ1) is 10.4. The summed E-state index contributed by atoms with van der Waals surface area (Å²) in [5.41, 5.74) is 4.37. The number of hydrogen-bond donors (Lipinski definition) is 0. The van der Waals surface area contributed by atoms with Crippen molar-refractivity contribution in [2.45, 2.75) is 13.8 Å². The van der Waals surface area contributed by atoms with Crippen molar-refractivity contribution in [2.24, 2.45) is 0 Å². The maximum atomic E-state index is 4.51. The van der Waals surface area contributed by atoms with Crippen molar-refractivity contribution in [3.05, 3.63) is 47.1 Å². The Kier molecular flexibility index (Phi) is 2.41. The van der Waals surface area contributed by atoms with Crippen molar-refractivity contribution in [1.29, 1.82) is 0 Å².